The summed E-state index contributed by atoms with van der Waals surface area (Å²) in [5.74, 6) is 0.382. The van der Waals surface area contributed by atoms with Crippen molar-refractivity contribution in [2.75, 3.05) is 0 Å². The standard InChI is InChI=1S/C24H19N/c1-3-9-17(10-4-1)19-15-21(18-11-5-2-6-12-18)24-20-13-7-8-14-22(20)25-23(24)16-19/h1-14,16,21,25H,15H2. The lowest BCUT2D eigenvalue weighted by Gasteiger charge is -2.25. The lowest BCUT2D eigenvalue weighted by molar-refractivity contribution is 0.838. The van der Waals surface area contributed by atoms with E-state index in [-0.39, 0.29) is 0 Å². The van der Waals surface area contributed by atoms with Gasteiger partial charge in [0.2, 0.25) is 0 Å². The van der Waals surface area contributed by atoms with E-state index < -0.39 is 0 Å². The summed E-state index contributed by atoms with van der Waals surface area (Å²) in [6.07, 6.45) is 3.37. The Balaban J connectivity index is 1.75. The molecule has 1 N–H and O–H groups in total. The van der Waals surface area contributed by atoms with Crippen molar-refractivity contribution in [3.8, 4) is 0 Å². The van der Waals surface area contributed by atoms with Crippen molar-refractivity contribution >= 4 is 22.6 Å². The highest BCUT2D eigenvalue weighted by molar-refractivity contribution is 5.94. The highest BCUT2D eigenvalue weighted by Crippen LogP contribution is 2.44. The Morgan fingerprint density at radius 3 is 2.20 bits per heavy atom. The fourth-order valence-corrected chi connectivity index (χ4v) is 4.05. The third-order valence-electron chi connectivity index (χ3n) is 5.21. The molecule has 1 heteroatoms. The molecular weight excluding hydrogens is 302 g/mol. The molecule has 1 heterocycles. The molecule has 0 fully saturated rings. The lowest BCUT2D eigenvalue weighted by atomic mass is 9.79. The van der Waals surface area contributed by atoms with Crippen LogP contribution < -0.4 is 0 Å². The Hall–Kier alpha value is -3.06. The molecule has 3 aromatic carbocycles. The van der Waals surface area contributed by atoms with E-state index in [0.29, 0.717) is 5.92 Å². The molecule has 1 unspecified atom stereocenters. The highest BCUT2D eigenvalue weighted by Gasteiger charge is 2.27. The van der Waals surface area contributed by atoms with Crippen LogP contribution in [0.15, 0.2) is 84.9 Å². The number of fused-ring (bicyclic) bond motifs is 3. The van der Waals surface area contributed by atoms with Crippen molar-refractivity contribution in [1.29, 1.82) is 0 Å². The van der Waals surface area contributed by atoms with Gasteiger partial charge in [-0.1, -0.05) is 78.9 Å². The topological polar surface area (TPSA) is 15.8 Å². The van der Waals surface area contributed by atoms with E-state index in [9.17, 15) is 0 Å². The number of allylic oxidation sites excluding steroid dienone is 1. The van der Waals surface area contributed by atoms with Crippen LogP contribution in [0, 0.1) is 0 Å². The number of nitrogens with one attached hydrogen (secondary N) is 1. The second kappa shape index (κ2) is 5.78. The van der Waals surface area contributed by atoms with Crippen molar-refractivity contribution in [2.24, 2.45) is 0 Å². The Kier molecular flexibility index (Phi) is 3.31. The first-order valence-corrected chi connectivity index (χ1v) is 8.82. The number of hydrogen-bond acceptors (Lipinski definition) is 0. The Morgan fingerprint density at radius 2 is 1.40 bits per heavy atom. The van der Waals surface area contributed by atoms with Gasteiger partial charge in [0.25, 0.3) is 0 Å². The minimum absolute atomic E-state index is 0.382. The molecule has 0 amide bonds. The maximum atomic E-state index is 3.64. The van der Waals surface area contributed by atoms with E-state index in [1.165, 1.54) is 38.9 Å². The maximum Gasteiger partial charge on any atom is 0.0461 e. The van der Waals surface area contributed by atoms with E-state index in [0.717, 1.165) is 6.42 Å². The predicted octanol–water partition coefficient (Wildman–Crippen LogP) is 6.24. The van der Waals surface area contributed by atoms with Crippen LogP contribution in [0.1, 0.15) is 34.7 Å². The molecule has 0 radical (unpaired) electrons. The predicted molar refractivity (Wildman–Crippen MR) is 106 cm³/mol. The molecule has 1 nitrogen and oxygen atoms in total. The zero-order chi connectivity index (χ0) is 16.6. The number of benzene rings is 3. The minimum atomic E-state index is 0.382. The van der Waals surface area contributed by atoms with Crippen molar-refractivity contribution in [1.82, 2.24) is 4.98 Å². The molecule has 120 valence electrons. The maximum absolute atomic E-state index is 3.64. The third kappa shape index (κ3) is 2.40. The monoisotopic (exact) mass is 321 g/mol. The van der Waals surface area contributed by atoms with Gasteiger partial charge in [-0.25, -0.2) is 0 Å². The Morgan fingerprint density at radius 1 is 0.720 bits per heavy atom. The minimum Gasteiger partial charge on any atom is -0.355 e. The van der Waals surface area contributed by atoms with Crippen molar-refractivity contribution in [2.45, 2.75) is 12.3 Å². The zero-order valence-corrected chi connectivity index (χ0v) is 13.9. The van der Waals surface area contributed by atoms with Crippen molar-refractivity contribution in [3.63, 3.8) is 0 Å². The first-order valence-electron chi connectivity index (χ1n) is 8.82. The largest absolute Gasteiger partial charge is 0.355 e. The molecule has 0 spiro atoms. The lowest BCUT2D eigenvalue weighted by Crippen LogP contribution is -2.08. The third-order valence-corrected chi connectivity index (χ3v) is 5.21. The van der Waals surface area contributed by atoms with E-state index in [1.807, 2.05) is 0 Å². The number of hydrogen-bond donors (Lipinski definition) is 1. The number of rotatable bonds is 2. The van der Waals surface area contributed by atoms with Crippen LogP contribution in [0.5, 0.6) is 0 Å². The fourth-order valence-electron chi connectivity index (χ4n) is 4.05. The van der Waals surface area contributed by atoms with E-state index in [2.05, 4.69) is 96.0 Å². The molecule has 25 heavy (non-hydrogen) atoms. The number of H-pyrrole nitrogens is 1. The Bertz CT molecular complexity index is 1060. The summed E-state index contributed by atoms with van der Waals surface area (Å²) in [5, 5.41) is 1.34. The van der Waals surface area contributed by atoms with Gasteiger partial charge in [0.1, 0.15) is 0 Å². The number of aromatic amines is 1. The average Bonchev–Trinajstić information content (AvgIpc) is 3.07. The summed E-state index contributed by atoms with van der Waals surface area (Å²) < 4.78 is 0. The molecule has 1 aromatic heterocycles. The van der Waals surface area contributed by atoms with Crippen LogP contribution >= 0.6 is 0 Å². The molecule has 0 saturated heterocycles. The summed E-state index contributed by atoms with van der Waals surface area (Å²) in [7, 11) is 0. The van der Waals surface area contributed by atoms with Crippen LogP contribution in [0.25, 0.3) is 22.6 Å². The van der Waals surface area contributed by atoms with Gasteiger partial charge >= 0.3 is 0 Å². The van der Waals surface area contributed by atoms with Gasteiger partial charge in [0, 0.05) is 22.5 Å². The number of aromatic nitrogens is 1. The van der Waals surface area contributed by atoms with Gasteiger partial charge in [-0.2, -0.15) is 0 Å². The molecule has 4 aromatic rings. The quantitative estimate of drug-likeness (QED) is 0.449. The van der Waals surface area contributed by atoms with Crippen LogP contribution in [-0.4, -0.2) is 4.98 Å². The fraction of sp³-hybridized carbons (Fsp3) is 0.0833. The Labute approximate surface area is 147 Å². The molecular formula is C24H19N. The van der Waals surface area contributed by atoms with Gasteiger partial charge in [0.05, 0.1) is 0 Å². The normalized spacial score (nSPS) is 16.5. The first kappa shape index (κ1) is 14.3. The number of para-hydroxylation sites is 1. The molecule has 0 bridgehead atoms. The summed E-state index contributed by atoms with van der Waals surface area (Å²) in [6.45, 7) is 0. The van der Waals surface area contributed by atoms with Gasteiger partial charge < -0.3 is 4.98 Å². The first-order chi connectivity index (χ1) is 12.4. The van der Waals surface area contributed by atoms with E-state index in [4.69, 9.17) is 0 Å². The smallest absolute Gasteiger partial charge is 0.0461 e. The van der Waals surface area contributed by atoms with Crippen LogP contribution in [0.3, 0.4) is 0 Å². The van der Waals surface area contributed by atoms with Crippen molar-refractivity contribution in [3.05, 3.63) is 107 Å². The second-order valence-corrected chi connectivity index (χ2v) is 6.70. The van der Waals surface area contributed by atoms with Crippen molar-refractivity contribution < 1.29 is 0 Å². The summed E-state index contributed by atoms with van der Waals surface area (Å²) >= 11 is 0. The highest BCUT2D eigenvalue weighted by atomic mass is 14.7. The van der Waals surface area contributed by atoms with Gasteiger partial charge in [-0.3, -0.25) is 0 Å². The second-order valence-electron chi connectivity index (χ2n) is 6.70. The zero-order valence-electron chi connectivity index (χ0n) is 13.9. The van der Waals surface area contributed by atoms with Gasteiger partial charge in [0.15, 0.2) is 0 Å². The summed E-state index contributed by atoms with van der Waals surface area (Å²) in [6, 6.07) is 30.3. The molecule has 0 aliphatic heterocycles. The summed E-state index contributed by atoms with van der Waals surface area (Å²) in [5.41, 5.74) is 8.00. The molecule has 1 atom stereocenters. The van der Waals surface area contributed by atoms with Crippen LogP contribution in [-0.2, 0) is 0 Å². The van der Waals surface area contributed by atoms with Crippen LogP contribution in [0.4, 0.5) is 0 Å². The SMILES string of the molecule is C1=C(c2ccccc2)CC(c2ccccc2)c2c1[nH]c1ccccc21. The summed E-state index contributed by atoms with van der Waals surface area (Å²) in [4.78, 5) is 3.64. The van der Waals surface area contributed by atoms with E-state index >= 15 is 0 Å². The molecule has 1 aliphatic rings. The van der Waals surface area contributed by atoms with Crippen LogP contribution in [0.2, 0.25) is 0 Å². The average molecular weight is 321 g/mol. The molecule has 1 aliphatic carbocycles. The van der Waals surface area contributed by atoms with Gasteiger partial charge in [-0.05, 0) is 40.8 Å². The van der Waals surface area contributed by atoms with E-state index in [1.54, 1.807) is 0 Å². The molecule has 0 saturated carbocycles. The molecule has 5 rings (SSSR count). The van der Waals surface area contributed by atoms with Gasteiger partial charge in [-0.15, -0.1) is 0 Å².